The molecule has 28 heavy (non-hydrogen) atoms. The van der Waals surface area contributed by atoms with Gasteiger partial charge in [0, 0.05) is 37.6 Å². The van der Waals surface area contributed by atoms with Crippen molar-refractivity contribution >= 4 is 0 Å². The molecule has 0 radical (unpaired) electrons. The summed E-state index contributed by atoms with van der Waals surface area (Å²) in [5.74, 6) is 0.808. The van der Waals surface area contributed by atoms with E-state index in [1.165, 1.54) is 5.56 Å². The van der Waals surface area contributed by atoms with Crippen molar-refractivity contribution in [2.24, 2.45) is 0 Å². The molecule has 1 atom stereocenters. The summed E-state index contributed by atoms with van der Waals surface area (Å²) in [5, 5.41) is 0. The van der Waals surface area contributed by atoms with Gasteiger partial charge in [-0.25, -0.2) is 0 Å². The monoisotopic (exact) mass is 375 g/mol. The van der Waals surface area contributed by atoms with Gasteiger partial charge in [0.25, 0.3) is 0 Å². The number of benzene rings is 2. The third-order valence-corrected chi connectivity index (χ3v) is 5.08. The largest absolute Gasteiger partial charge is 0.497 e. The van der Waals surface area contributed by atoms with E-state index in [2.05, 4.69) is 45.2 Å². The number of hydrogen-bond acceptors (Lipinski definition) is 5. The quantitative estimate of drug-likeness (QED) is 0.656. The molecule has 0 spiro atoms. The van der Waals surface area contributed by atoms with Crippen molar-refractivity contribution in [1.82, 2.24) is 14.9 Å². The van der Waals surface area contributed by atoms with Crippen molar-refractivity contribution in [2.45, 2.75) is 12.5 Å². The van der Waals surface area contributed by atoms with Gasteiger partial charge in [0.1, 0.15) is 11.9 Å². The number of morpholine rings is 1. The van der Waals surface area contributed by atoms with Gasteiger partial charge in [0.15, 0.2) is 0 Å². The molecule has 0 bridgehead atoms. The molecule has 0 saturated carbocycles. The van der Waals surface area contributed by atoms with Gasteiger partial charge in [-0.3, -0.25) is 14.9 Å². The van der Waals surface area contributed by atoms with E-state index < -0.39 is 0 Å². The van der Waals surface area contributed by atoms with Crippen LogP contribution in [0, 0.1) is 0 Å². The predicted molar refractivity (Wildman–Crippen MR) is 109 cm³/mol. The Hall–Kier alpha value is -2.76. The fourth-order valence-corrected chi connectivity index (χ4v) is 3.58. The standard InChI is InChI=1S/C23H25N3O2/c1-27-20-9-5-8-19(16-20)22-23(25-12-11-24-22)21-17-26(14-15-28-21)13-10-18-6-3-2-4-7-18/h2-9,11-12,16,21H,10,13-15,17H2,1H3/t21-/m0/s1. The SMILES string of the molecule is COc1cccc(-c2nccnc2[C@@H]2CN(CCc3ccccc3)CCO2)c1. The summed E-state index contributed by atoms with van der Waals surface area (Å²) in [6.45, 7) is 3.48. The highest BCUT2D eigenvalue weighted by atomic mass is 16.5. The zero-order valence-electron chi connectivity index (χ0n) is 16.1. The number of methoxy groups -OCH3 is 1. The van der Waals surface area contributed by atoms with E-state index in [4.69, 9.17) is 9.47 Å². The van der Waals surface area contributed by atoms with Crippen molar-refractivity contribution in [1.29, 1.82) is 0 Å². The Labute approximate surface area is 166 Å². The molecule has 1 aliphatic rings. The molecular formula is C23H25N3O2. The molecule has 4 rings (SSSR count). The molecule has 1 fully saturated rings. The van der Waals surface area contributed by atoms with Crippen LogP contribution < -0.4 is 4.74 Å². The second kappa shape index (κ2) is 8.95. The minimum Gasteiger partial charge on any atom is -0.497 e. The lowest BCUT2D eigenvalue weighted by molar-refractivity contribution is -0.0315. The van der Waals surface area contributed by atoms with Crippen LogP contribution >= 0.6 is 0 Å². The Bertz CT molecular complexity index is 901. The normalized spacial score (nSPS) is 17.4. The summed E-state index contributed by atoms with van der Waals surface area (Å²) >= 11 is 0. The second-order valence-corrected chi connectivity index (χ2v) is 6.92. The number of aromatic nitrogens is 2. The van der Waals surface area contributed by atoms with Crippen LogP contribution in [-0.4, -0.2) is 48.2 Å². The van der Waals surface area contributed by atoms with E-state index in [1.807, 2.05) is 24.3 Å². The first-order valence-electron chi connectivity index (χ1n) is 9.66. The summed E-state index contributed by atoms with van der Waals surface area (Å²) in [7, 11) is 1.67. The van der Waals surface area contributed by atoms with Crippen molar-refractivity contribution in [3.63, 3.8) is 0 Å². The summed E-state index contributed by atoms with van der Waals surface area (Å²) < 4.78 is 11.5. The third-order valence-electron chi connectivity index (χ3n) is 5.08. The number of rotatable bonds is 6. The zero-order chi connectivity index (χ0) is 19.2. The van der Waals surface area contributed by atoms with E-state index >= 15 is 0 Å². The molecule has 2 heterocycles. The van der Waals surface area contributed by atoms with Gasteiger partial charge in [-0.15, -0.1) is 0 Å². The van der Waals surface area contributed by atoms with Crippen molar-refractivity contribution in [3.8, 4) is 17.0 Å². The highest BCUT2D eigenvalue weighted by Crippen LogP contribution is 2.30. The fraction of sp³-hybridized carbons (Fsp3) is 0.304. The summed E-state index contributed by atoms with van der Waals surface area (Å²) in [5.41, 5.74) is 4.10. The third kappa shape index (κ3) is 4.38. The Morgan fingerprint density at radius 1 is 1.07 bits per heavy atom. The van der Waals surface area contributed by atoms with Crippen molar-refractivity contribution in [3.05, 3.63) is 78.2 Å². The first-order valence-corrected chi connectivity index (χ1v) is 9.66. The van der Waals surface area contributed by atoms with Gasteiger partial charge in [-0.1, -0.05) is 42.5 Å². The van der Waals surface area contributed by atoms with Gasteiger partial charge in [0.2, 0.25) is 0 Å². The first kappa shape index (κ1) is 18.6. The van der Waals surface area contributed by atoms with Gasteiger partial charge >= 0.3 is 0 Å². The summed E-state index contributed by atoms with van der Waals surface area (Å²) in [6, 6.07) is 18.5. The fourth-order valence-electron chi connectivity index (χ4n) is 3.58. The van der Waals surface area contributed by atoms with Gasteiger partial charge < -0.3 is 9.47 Å². The Kier molecular flexibility index (Phi) is 5.95. The van der Waals surface area contributed by atoms with Crippen LogP contribution in [0.4, 0.5) is 0 Å². The molecule has 5 heteroatoms. The average Bonchev–Trinajstić information content (AvgIpc) is 2.78. The minimum absolute atomic E-state index is 0.0839. The maximum atomic E-state index is 6.09. The molecule has 0 aliphatic carbocycles. The molecule has 1 aliphatic heterocycles. The van der Waals surface area contributed by atoms with Crippen LogP contribution in [0.1, 0.15) is 17.4 Å². The van der Waals surface area contributed by atoms with Crippen LogP contribution in [0.5, 0.6) is 5.75 Å². The first-order chi connectivity index (χ1) is 13.8. The van der Waals surface area contributed by atoms with Crippen molar-refractivity contribution < 1.29 is 9.47 Å². The van der Waals surface area contributed by atoms with E-state index in [1.54, 1.807) is 19.5 Å². The summed E-state index contributed by atoms with van der Waals surface area (Å²) in [6.07, 6.45) is 4.43. The molecular weight excluding hydrogens is 350 g/mol. The Morgan fingerprint density at radius 3 is 2.79 bits per heavy atom. The smallest absolute Gasteiger partial charge is 0.119 e. The second-order valence-electron chi connectivity index (χ2n) is 6.92. The maximum Gasteiger partial charge on any atom is 0.119 e. The van der Waals surface area contributed by atoms with Crippen LogP contribution in [-0.2, 0) is 11.2 Å². The Morgan fingerprint density at radius 2 is 1.93 bits per heavy atom. The molecule has 3 aromatic rings. The number of nitrogens with zero attached hydrogens (tertiary/aromatic N) is 3. The lowest BCUT2D eigenvalue weighted by Crippen LogP contribution is -2.39. The van der Waals surface area contributed by atoms with E-state index in [9.17, 15) is 0 Å². The van der Waals surface area contributed by atoms with Crippen LogP contribution in [0.25, 0.3) is 11.3 Å². The molecule has 0 unspecified atom stereocenters. The van der Waals surface area contributed by atoms with E-state index in [0.717, 1.165) is 48.8 Å². The summed E-state index contributed by atoms with van der Waals surface area (Å²) in [4.78, 5) is 11.7. The van der Waals surface area contributed by atoms with Crippen LogP contribution in [0.2, 0.25) is 0 Å². The average molecular weight is 375 g/mol. The lowest BCUT2D eigenvalue weighted by Gasteiger charge is -2.33. The predicted octanol–water partition coefficient (Wildman–Crippen LogP) is 3.77. The number of ether oxygens (including phenoxy) is 2. The molecule has 144 valence electrons. The van der Waals surface area contributed by atoms with Gasteiger partial charge in [0.05, 0.1) is 25.1 Å². The highest BCUT2D eigenvalue weighted by Gasteiger charge is 2.26. The maximum absolute atomic E-state index is 6.09. The van der Waals surface area contributed by atoms with E-state index in [-0.39, 0.29) is 6.10 Å². The Balaban J connectivity index is 1.50. The molecule has 1 aromatic heterocycles. The molecule has 0 N–H and O–H groups in total. The lowest BCUT2D eigenvalue weighted by atomic mass is 10.0. The minimum atomic E-state index is -0.0839. The highest BCUT2D eigenvalue weighted by molar-refractivity contribution is 5.63. The molecule has 0 amide bonds. The van der Waals surface area contributed by atoms with Crippen molar-refractivity contribution in [2.75, 3.05) is 33.4 Å². The number of hydrogen-bond donors (Lipinski definition) is 0. The van der Waals surface area contributed by atoms with Gasteiger partial charge in [-0.05, 0) is 24.1 Å². The topological polar surface area (TPSA) is 47.5 Å². The zero-order valence-corrected chi connectivity index (χ0v) is 16.1. The van der Waals surface area contributed by atoms with E-state index in [0.29, 0.717) is 6.61 Å². The molecule has 2 aromatic carbocycles. The van der Waals surface area contributed by atoms with Crippen LogP contribution in [0.3, 0.4) is 0 Å². The molecule has 5 nitrogen and oxygen atoms in total. The van der Waals surface area contributed by atoms with Gasteiger partial charge in [-0.2, -0.15) is 0 Å². The molecule has 1 saturated heterocycles. The van der Waals surface area contributed by atoms with Crippen LogP contribution in [0.15, 0.2) is 67.0 Å².